The van der Waals surface area contributed by atoms with Crippen LogP contribution in [0.1, 0.15) is 70.9 Å². The largest absolute Gasteiger partial charge is 0.480 e. The molecule has 2 aromatic carbocycles. The van der Waals surface area contributed by atoms with E-state index < -0.39 is 71.9 Å². The number of aliphatic carboxylic acids is 1. The average Bonchev–Trinajstić information content (AvgIpc) is 3.97. The molecule has 3 aromatic rings. The van der Waals surface area contributed by atoms with Crippen LogP contribution in [0.3, 0.4) is 0 Å². The summed E-state index contributed by atoms with van der Waals surface area (Å²) in [4.78, 5) is 99.7. The lowest BCUT2D eigenvalue weighted by Crippen LogP contribution is -2.59. The minimum atomic E-state index is -1.24. The molecule has 5 rings (SSSR count). The van der Waals surface area contributed by atoms with Crippen molar-refractivity contribution in [3.05, 3.63) is 71.9 Å². The zero-order valence-corrected chi connectivity index (χ0v) is 33.5. The maximum atomic E-state index is 14.1. The Morgan fingerprint density at radius 3 is 2.02 bits per heavy atom. The highest BCUT2D eigenvalue weighted by molar-refractivity contribution is 5.97. The second-order valence-electron chi connectivity index (χ2n) is 15.8. The maximum Gasteiger partial charge on any atom is 0.326 e. The molecule has 58 heavy (non-hydrogen) atoms. The normalized spacial score (nSPS) is 19.2. The van der Waals surface area contributed by atoms with E-state index in [0.717, 1.165) is 16.5 Å². The van der Waals surface area contributed by atoms with Crippen LogP contribution in [0.15, 0.2) is 60.8 Å². The van der Waals surface area contributed by atoms with Crippen LogP contribution in [0.25, 0.3) is 10.9 Å². The van der Waals surface area contributed by atoms with Crippen molar-refractivity contribution in [3.8, 4) is 0 Å². The molecule has 3 heterocycles. The molecule has 7 unspecified atom stereocenters. The van der Waals surface area contributed by atoms with Gasteiger partial charge in [-0.3, -0.25) is 28.8 Å². The van der Waals surface area contributed by atoms with Gasteiger partial charge in [-0.25, -0.2) is 4.79 Å². The first-order valence-corrected chi connectivity index (χ1v) is 20.0. The number of carboxylic acids is 1. The Balaban J connectivity index is 1.25. The summed E-state index contributed by atoms with van der Waals surface area (Å²) < 4.78 is 0. The number of likely N-dealkylation sites (tertiary alicyclic amines) is 2. The Morgan fingerprint density at radius 2 is 1.34 bits per heavy atom. The molecule has 2 aliphatic rings. The molecule has 312 valence electrons. The average molecular weight is 801 g/mol. The lowest BCUT2D eigenvalue weighted by molar-refractivity contribution is -0.147. The molecule has 2 aliphatic heterocycles. The molecule has 6 amide bonds. The first-order valence-electron chi connectivity index (χ1n) is 20.0. The summed E-state index contributed by atoms with van der Waals surface area (Å²) in [5.41, 5.74) is 8.49. The quantitative estimate of drug-likeness (QED) is 0.104. The first-order chi connectivity index (χ1) is 27.6. The van der Waals surface area contributed by atoms with Crippen LogP contribution in [-0.4, -0.2) is 117 Å². The van der Waals surface area contributed by atoms with E-state index in [2.05, 4.69) is 26.3 Å². The smallest absolute Gasteiger partial charge is 0.326 e. The van der Waals surface area contributed by atoms with E-state index in [9.17, 15) is 38.7 Å². The summed E-state index contributed by atoms with van der Waals surface area (Å²) in [5, 5.41) is 21.1. The zero-order valence-electron chi connectivity index (χ0n) is 33.5. The van der Waals surface area contributed by atoms with Crippen LogP contribution in [0.4, 0.5) is 0 Å². The predicted molar refractivity (Wildman–Crippen MR) is 216 cm³/mol. The molecule has 16 heteroatoms. The van der Waals surface area contributed by atoms with Gasteiger partial charge in [0.1, 0.15) is 36.3 Å². The van der Waals surface area contributed by atoms with Gasteiger partial charge in [-0.05, 0) is 69.1 Å². The third-order valence-electron chi connectivity index (χ3n) is 10.8. The van der Waals surface area contributed by atoms with Crippen LogP contribution >= 0.6 is 0 Å². The fourth-order valence-electron chi connectivity index (χ4n) is 7.73. The topological polar surface area (TPSA) is 236 Å². The Morgan fingerprint density at radius 1 is 0.741 bits per heavy atom. The number of aromatic nitrogens is 1. The van der Waals surface area contributed by atoms with Gasteiger partial charge in [0.2, 0.25) is 35.4 Å². The highest BCUT2D eigenvalue weighted by atomic mass is 16.4. The van der Waals surface area contributed by atoms with Gasteiger partial charge in [-0.2, -0.15) is 0 Å². The lowest BCUT2D eigenvalue weighted by Gasteiger charge is -2.33. The maximum absolute atomic E-state index is 14.1. The van der Waals surface area contributed by atoms with Crippen LogP contribution in [-0.2, 0) is 46.4 Å². The van der Waals surface area contributed by atoms with Crippen LogP contribution in [0.5, 0.6) is 0 Å². The van der Waals surface area contributed by atoms with Gasteiger partial charge in [0.05, 0.1) is 6.04 Å². The van der Waals surface area contributed by atoms with Crippen molar-refractivity contribution in [2.24, 2.45) is 11.7 Å². The fourth-order valence-corrected chi connectivity index (χ4v) is 7.73. The summed E-state index contributed by atoms with van der Waals surface area (Å²) in [5.74, 6) is -4.27. The standard InChI is InChI=1S/C42H56N8O8/c1-24(2)20-30(43)40(55)50-19-11-17-35(50)41(56)49-18-10-16-34(49)39(54)47-32(22-28-23-44-31-15-9-8-14-29(28)31)38(53)46-25(3)36(51)45-26(4)37(52)48-33(42(57)58)21-27-12-6-5-7-13-27/h5-9,12-15,23-26,30,32-35,44H,10-11,16-22,43H2,1-4H3,(H,45,51)(H,46,53)(H,47,54)(H,48,52)(H,57,58). The summed E-state index contributed by atoms with van der Waals surface area (Å²) >= 11 is 0. The summed E-state index contributed by atoms with van der Waals surface area (Å²) in [7, 11) is 0. The molecule has 0 aliphatic carbocycles. The molecule has 0 saturated carbocycles. The van der Waals surface area contributed by atoms with E-state index in [-0.39, 0.29) is 30.6 Å². The van der Waals surface area contributed by atoms with E-state index in [1.807, 2.05) is 38.1 Å². The summed E-state index contributed by atoms with van der Waals surface area (Å²) in [6, 6.07) is 9.22. The molecule has 7 atom stereocenters. The molecule has 2 fully saturated rings. The van der Waals surface area contributed by atoms with Crippen molar-refractivity contribution >= 4 is 52.3 Å². The summed E-state index contributed by atoms with van der Waals surface area (Å²) in [6.07, 6.45) is 4.34. The predicted octanol–water partition coefficient (Wildman–Crippen LogP) is 1.37. The number of H-pyrrole nitrogens is 1. The van der Waals surface area contributed by atoms with Gasteiger partial charge >= 0.3 is 5.97 Å². The number of rotatable bonds is 17. The van der Waals surface area contributed by atoms with Crippen molar-refractivity contribution in [3.63, 3.8) is 0 Å². The van der Waals surface area contributed by atoms with Gasteiger partial charge in [-0.15, -0.1) is 0 Å². The number of carbonyl (C=O) groups is 7. The van der Waals surface area contributed by atoms with Gasteiger partial charge in [0.25, 0.3) is 0 Å². The number of hydrogen-bond donors (Lipinski definition) is 7. The lowest BCUT2D eigenvalue weighted by atomic mass is 10.0. The van der Waals surface area contributed by atoms with Crippen LogP contribution in [0, 0.1) is 5.92 Å². The van der Waals surface area contributed by atoms with Gasteiger partial charge < -0.3 is 46.9 Å². The van der Waals surface area contributed by atoms with Crippen molar-refractivity contribution < 1.29 is 38.7 Å². The van der Waals surface area contributed by atoms with E-state index in [1.165, 1.54) is 18.7 Å². The van der Waals surface area contributed by atoms with Crippen LogP contribution < -0.4 is 27.0 Å². The number of fused-ring (bicyclic) bond motifs is 1. The molecule has 0 bridgehead atoms. The number of hydrogen-bond acceptors (Lipinski definition) is 8. The van der Waals surface area contributed by atoms with E-state index >= 15 is 0 Å². The van der Waals surface area contributed by atoms with Gasteiger partial charge in [0.15, 0.2) is 0 Å². The van der Waals surface area contributed by atoms with Gasteiger partial charge in [0, 0.05) is 43.0 Å². The monoisotopic (exact) mass is 800 g/mol. The number of nitrogens with zero attached hydrogens (tertiary/aromatic N) is 2. The van der Waals surface area contributed by atoms with Crippen molar-refractivity contribution in [1.82, 2.24) is 36.1 Å². The highest BCUT2D eigenvalue weighted by Crippen LogP contribution is 2.27. The molecule has 2 saturated heterocycles. The minimum absolute atomic E-state index is 0.0389. The molecule has 16 nitrogen and oxygen atoms in total. The number of benzene rings is 2. The molecule has 8 N–H and O–H groups in total. The Labute approximate surface area is 338 Å². The third kappa shape index (κ3) is 10.8. The number of carboxylic acid groups (broad SMARTS) is 1. The van der Waals surface area contributed by atoms with Gasteiger partial charge in [-0.1, -0.05) is 62.4 Å². The molecule has 0 spiro atoms. The number of nitrogens with two attached hydrogens (primary N) is 1. The number of amides is 6. The van der Waals surface area contributed by atoms with Crippen LogP contribution in [0.2, 0.25) is 0 Å². The number of para-hydroxylation sites is 1. The second kappa shape index (κ2) is 19.6. The van der Waals surface area contributed by atoms with Crippen molar-refractivity contribution in [1.29, 1.82) is 0 Å². The molecular formula is C42H56N8O8. The Kier molecular flexibility index (Phi) is 14.6. The third-order valence-corrected chi connectivity index (χ3v) is 10.8. The van der Waals surface area contributed by atoms with E-state index in [1.54, 1.807) is 41.4 Å². The van der Waals surface area contributed by atoms with E-state index in [4.69, 9.17) is 5.73 Å². The number of nitrogens with one attached hydrogen (secondary N) is 5. The highest BCUT2D eigenvalue weighted by Gasteiger charge is 2.43. The SMILES string of the molecule is CC(C)CC(N)C(=O)N1CCCC1C(=O)N1CCCC1C(=O)NC(Cc1c[nH]c2ccccc12)C(=O)NC(C)C(=O)NC(C)C(=O)NC(Cc1ccccc1)C(=O)O. The molecule has 0 radical (unpaired) electrons. The van der Waals surface area contributed by atoms with E-state index in [0.29, 0.717) is 50.8 Å². The molecule has 1 aromatic heterocycles. The number of carbonyl (C=O) groups excluding carboxylic acids is 6. The van der Waals surface area contributed by atoms with Crippen molar-refractivity contribution in [2.75, 3.05) is 13.1 Å². The fraction of sp³-hybridized carbons (Fsp3) is 0.500. The Hall–Kier alpha value is -5.77. The minimum Gasteiger partial charge on any atom is -0.480 e. The second-order valence-corrected chi connectivity index (χ2v) is 15.8. The number of aromatic amines is 1. The first kappa shape index (κ1) is 43.4. The summed E-state index contributed by atoms with van der Waals surface area (Å²) in [6.45, 7) is 7.50. The zero-order chi connectivity index (χ0) is 42.1. The Bertz CT molecular complexity index is 1970. The molecular weight excluding hydrogens is 745 g/mol. The van der Waals surface area contributed by atoms with Crippen molar-refractivity contribution in [2.45, 2.75) is 115 Å².